The summed E-state index contributed by atoms with van der Waals surface area (Å²) in [5.41, 5.74) is 2.82. The van der Waals surface area contributed by atoms with Gasteiger partial charge in [0.15, 0.2) is 0 Å². The fraction of sp³-hybridized carbons (Fsp3) is 0.519. The second-order valence-electron chi connectivity index (χ2n) is 8.60. The molecule has 1 aromatic carbocycles. The van der Waals surface area contributed by atoms with Crippen molar-refractivity contribution in [3.8, 4) is 0 Å². The molecule has 1 amide bonds. The summed E-state index contributed by atoms with van der Waals surface area (Å²) >= 11 is 0. The molecule has 0 unspecified atom stereocenters. The van der Waals surface area contributed by atoms with Crippen molar-refractivity contribution < 1.29 is 4.79 Å². The van der Waals surface area contributed by atoms with Gasteiger partial charge in [0.2, 0.25) is 0 Å². The monoisotopic (exact) mass is 434 g/mol. The minimum atomic E-state index is -0.0875. The van der Waals surface area contributed by atoms with E-state index >= 15 is 0 Å². The van der Waals surface area contributed by atoms with Crippen LogP contribution in [0.1, 0.15) is 87.3 Å². The van der Waals surface area contributed by atoms with Crippen molar-refractivity contribution in [3.63, 3.8) is 0 Å². The molecule has 0 radical (unpaired) electrons. The number of rotatable bonds is 15. The van der Waals surface area contributed by atoms with Crippen LogP contribution in [0.5, 0.6) is 0 Å². The molecule has 3 aromatic rings. The van der Waals surface area contributed by atoms with Crippen LogP contribution in [0, 0.1) is 0 Å². The van der Waals surface area contributed by atoms with Gasteiger partial charge in [-0.05, 0) is 30.7 Å². The number of nitrogens with one attached hydrogen (secondary N) is 1. The zero-order valence-electron chi connectivity index (χ0n) is 19.6. The second kappa shape index (κ2) is 13.7. The van der Waals surface area contributed by atoms with Gasteiger partial charge in [-0.15, -0.1) is 0 Å². The number of pyridine rings is 1. The van der Waals surface area contributed by atoms with Gasteiger partial charge in [-0.25, -0.2) is 4.98 Å². The molecule has 2 aromatic heterocycles. The summed E-state index contributed by atoms with van der Waals surface area (Å²) in [7, 11) is 0. The van der Waals surface area contributed by atoms with Gasteiger partial charge in [-0.2, -0.15) is 0 Å². The maximum Gasteiger partial charge on any atom is 0.252 e. The number of nitrogens with zero attached hydrogens (tertiary/aromatic N) is 3. The molecule has 0 bridgehead atoms. The van der Waals surface area contributed by atoms with Gasteiger partial charge in [-0.1, -0.05) is 76.8 Å². The lowest BCUT2D eigenvalue weighted by Gasteiger charge is -2.10. The number of carbonyl (C=O) groups is 1. The number of hydrogen-bond acceptors (Lipinski definition) is 3. The third-order valence-electron chi connectivity index (χ3n) is 6.03. The highest BCUT2D eigenvalue weighted by atomic mass is 16.1. The molecule has 0 atom stereocenters. The summed E-state index contributed by atoms with van der Waals surface area (Å²) in [5.74, 6) is 0.962. The summed E-state index contributed by atoms with van der Waals surface area (Å²) in [6, 6.07) is 11.9. The molecule has 0 fully saturated rings. The topological polar surface area (TPSA) is 59.8 Å². The van der Waals surface area contributed by atoms with Crippen molar-refractivity contribution in [2.24, 2.45) is 0 Å². The lowest BCUT2D eigenvalue weighted by molar-refractivity contribution is 0.0953. The Morgan fingerprint density at radius 1 is 0.906 bits per heavy atom. The van der Waals surface area contributed by atoms with Gasteiger partial charge in [0, 0.05) is 31.9 Å². The molecule has 0 aliphatic carbocycles. The Bertz CT molecular complexity index is 935. The predicted octanol–water partition coefficient (Wildman–Crippen LogP) is 6.32. The van der Waals surface area contributed by atoms with Gasteiger partial charge in [0.05, 0.1) is 16.6 Å². The number of fused-ring (bicyclic) bond motifs is 1. The Labute approximate surface area is 192 Å². The molecular formula is C27H38N4O. The number of carbonyl (C=O) groups excluding carboxylic acids is 1. The standard InChI is InChI=1S/C27H38N4O/c1-2-3-4-5-6-7-8-9-10-13-21-31-25-17-12-11-16-24(25)30-26(31)18-20-29-27(32)23-15-14-19-28-22-23/h11-12,14-17,19,22H,2-10,13,18,20-21H2,1H3,(H,29,32). The van der Waals surface area contributed by atoms with Crippen molar-refractivity contribution in [3.05, 3.63) is 60.2 Å². The Morgan fingerprint density at radius 2 is 1.62 bits per heavy atom. The van der Waals surface area contributed by atoms with Crippen molar-refractivity contribution in [2.45, 2.75) is 84.1 Å². The maximum absolute atomic E-state index is 12.3. The van der Waals surface area contributed by atoms with Crippen LogP contribution in [0.2, 0.25) is 0 Å². The van der Waals surface area contributed by atoms with Crippen LogP contribution in [0.4, 0.5) is 0 Å². The highest BCUT2D eigenvalue weighted by Crippen LogP contribution is 2.18. The minimum Gasteiger partial charge on any atom is -0.352 e. The molecule has 5 nitrogen and oxygen atoms in total. The van der Waals surface area contributed by atoms with Crippen LogP contribution in [0.15, 0.2) is 48.8 Å². The summed E-state index contributed by atoms with van der Waals surface area (Å²) in [6.45, 7) is 3.82. The van der Waals surface area contributed by atoms with E-state index in [1.165, 1.54) is 69.7 Å². The fourth-order valence-corrected chi connectivity index (χ4v) is 4.21. The number of para-hydroxylation sites is 2. The highest BCUT2D eigenvalue weighted by molar-refractivity contribution is 5.93. The minimum absolute atomic E-state index is 0.0875. The van der Waals surface area contributed by atoms with Gasteiger partial charge in [-0.3, -0.25) is 9.78 Å². The molecule has 32 heavy (non-hydrogen) atoms. The van der Waals surface area contributed by atoms with Gasteiger partial charge >= 0.3 is 0 Å². The van der Waals surface area contributed by atoms with E-state index in [0.29, 0.717) is 12.1 Å². The first kappa shape index (κ1) is 24.0. The van der Waals surface area contributed by atoms with E-state index < -0.39 is 0 Å². The maximum atomic E-state index is 12.3. The van der Waals surface area contributed by atoms with Crippen LogP contribution >= 0.6 is 0 Å². The van der Waals surface area contributed by atoms with Crippen molar-refractivity contribution in [1.29, 1.82) is 0 Å². The molecule has 172 valence electrons. The van der Waals surface area contributed by atoms with E-state index in [4.69, 9.17) is 4.98 Å². The molecule has 0 saturated carbocycles. The Balaban J connectivity index is 1.45. The van der Waals surface area contributed by atoms with Crippen molar-refractivity contribution in [2.75, 3.05) is 6.54 Å². The summed E-state index contributed by atoms with van der Waals surface area (Å²) in [5, 5.41) is 3.00. The van der Waals surface area contributed by atoms with E-state index in [1.807, 2.05) is 6.07 Å². The van der Waals surface area contributed by atoms with E-state index in [9.17, 15) is 4.79 Å². The molecule has 5 heteroatoms. The molecule has 0 saturated heterocycles. The third kappa shape index (κ3) is 7.47. The van der Waals surface area contributed by atoms with Crippen LogP contribution in [0.3, 0.4) is 0 Å². The number of hydrogen-bond donors (Lipinski definition) is 1. The van der Waals surface area contributed by atoms with E-state index in [-0.39, 0.29) is 5.91 Å². The molecule has 0 spiro atoms. The van der Waals surface area contributed by atoms with Crippen LogP contribution in [0.25, 0.3) is 11.0 Å². The number of benzene rings is 1. The summed E-state index contributed by atoms with van der Waals surface area (Å²) < 4.78 is 2.34. The highest BCUT2D eigenvalue weighted by Gasteiger charge is 2.11. The zero-order valence-corrected chi connectivity index (χ0v) is 19.6. The van der Waals surface area contributed by atoms with Gasteiger partial charge < -0.3 is 9.88 Å². The lowest BCUT2D eigenvalue weighted by Crippen LogP contribution is -2.26. The van der Waals surface area contributed by atoms with E-state index in [1.54, 1.807) is 24.5 Å². The first-order chi connectivity index (χ1) is 15.8. The first-order valence-corrected chi connectivity index (χ1v) is 12.4. The fourth-order valence-electron chi connectivity index (χ4n) is 4.21. The number of amides is 1. The lowest BCUT2D eigenvalue weighted by atomic mass is 10.1. The van der Waals surface area contributed by atoms with Gasteiger partial charge in [0.25, 0.3) is 5.91 Å². The number of imidazole rings is 1. The first-order valence-electron chi connectivity index (χ1n) is 12.4. The summed E-state index contributed by atoms with van der Waals surface area (Å²) in [4.78, 5) is 21.1. The average Bonchev–Trinajstić information content (AvgIpc) is 3.18. The molecule has 0 aliphatic rings. The molecule has 2 heterocycles. The smallest absolute Gasteiger partial charge is 0.252 e. The van der Waals surface area contributed by atoms with Gasteiger partial charge in [0.1, 0.15) is 5.82 Å². The third-order valence-corrected chi connectivity index (χ3v) is 6.03. The largest absolute Gasteiger partial charge is 0.352 e. The molecule has 0 aliphatic heterocycles. The number of aryl methyl sites for hydroxylation is 1. The number of aromatic nitrogens is 3. The Morgan fingerprint density at radius 3 is 2.34 bits per heavy atom. The second-order valence-corrected chi connectivity index (χ2v) is 8.60. The van der Waals surface area contributed by atoms with E-state index in [2.05, 4.69) is 40.0 Å². The number of unbranched alkanes of at least 4 members (excludes halogenated alkanes) is 9. The quantitative estimate of drug-likeness (QED) is 0.285. The van der Waals surface area contributed by atoms with Crippen molar-refractivity contribution >= 4 is 16.9 Å². The normalized spacial score (nSPS) is 11.2. The zero-order chi connectivity index (χ0) is 22.4. The van der Waals surface area contributed by atoms with Crippen LogP contribution < -0.4 is 5.32 Å². The molecular weight excluding hydrogens is 396 g/mol. The van der Waals surface area contributed by atoms with E-state index in [0.717, 1.165) is 24.3 Å². The predicted molar refractivity (Wildman–Crippen MR) is 132 cm³/mol. The molecule has 3 rings (SSSR count). The van der Waals surface area contributed by atoms with Crippen LogP contribution in [-0.2, 0) is 13.0 Å². The average molecular weight is 435 g/mol. The Hall–Kier alpha value is -2.69. The molecule has 1 N–H and O–H groups in total. The Kier molecular flexibility index (Phi) is 10.2. The van der Waals surface area contributed by atoms with Crippen LogP contribution in [-0.4, -0.2) is 27.0 Å². The summed E-state index contributed by atoms with van der Waals surface area (Å²) in [6.07, 6.45) is 17.4. The SMILES string of the molecule is CCCCCCCCCCCCn1c(CCNC(=O)c2cccnc2)nc2ccccc21. The van der Waals surface area contributed by atoms with Crippen molar-refractivity contribution in [1.82, 2.24) is 19.9 Å².